The smallest absolute Gasteiger partial charge is 0.306 e. The van der Waals surface area contributed by atoms with Crippen molar-refractivity contribution in [3.63, 3.8) is 0 Å². The molecule has 1 aromatic carbocycles. The number of methoxy groups -OCH3 is 1. The molecule has 1 heterocycles. The van der Waals surface area contributed by atoms with Crippen LogP contribution in [-0.4, -0.2) is 44.8 Å². The second-order valence-corrected chi connectivity index (χ2v) is 5.07. The van der Waals surface area contributed by atoms with Crippen LogP contribution >= 0.6 is 11.6 Å². The van der Waals surface area contributed by atoms with Gasteiger partial charge in [0.05, 0.1) is 18.6 Å². The van der Waals surface area contributed by atoms with Crippen molar-refractivity contribution in [2.24, 2.45) is 0 Å². The fourth-order valence-corrected chi connectivity index (χ4v) is 2.32. The van der Waals surface area contributed by atoms with Crippen LogP contribution < -0.4 is 9.47 Å². The molecule has 5 nitrogen and oxygen atoms in total. The van der Waals surface area contributed by atoms with E-state index in [-0.39, 0.29) is 5.97 Å². The van der Waals surface area contributed by atoms with Crippen molar-refractivity contribution in [3.05, 3.63) is 22.7 Å². The van der Waals surface area contributed by atoms with E-state index in [1.165, 1.54) is 7.11 Å². The lowest BCUT2D eigenvalue weighted by atomic mass is 10.1. The quantitative estimate of drug-likeness (QED) is 0.779. The predicted octanol–water partition coefficient (Wildman–Crippen LogP) is 2.11. The first-order valence-electron chi connectivity index (χ1n) is 6.43. The summed E-state index contributed by atoms with van der Waals surface area (Å²) in [4.78, 5) is 13.1. The molecule has 20 heavy (non-hydrogen) atoms. The number of carbonyl (C=O) groups is 1. The predicted molar refractivity (Wildman–Crippen MR) is 75.4 cm³/mol. The van der Waals surface area contributed by atoms with Crippen LogP contribution in [0.3, 0.4) is 0 Å². The van der Waals surface area contributed by atoms with Crippen LogP contribution in [0.4, 0.5) is 0 Å². The van der Waals surface area contributed by atoms with Crippen LogP contribution in [0.2, 0.25) is 5.02 Å². The van der Waals surface area contributed by atoms with Gasteiger partial charge in [0.15, 0.2) is 11.5 Å². The summed E-state index contributed by atoms with van der Waals surface area (Å²) in [6.45, 7) is 2.35. The molecule has 0 aliphatic carbocycles. The van der Waals surface area contributed by atoms with Gasteiger partial charge in [-0.15, -0.1) is 0 Å². The molecule has 110 valence electrons. The maximum absolute atomic E-state index is 11.1. The first-order valence-corrected chi connectivity index (χ1v) is 6.81. The fourth-order valence-electron chi connectivity index (χ4n) is 2.03. The van der Waals surface area contributed by atoms with E-state index in [1.54, 1.807) is 0 Å². The summed E-state index contributed by atoms with van der Waals surface area (Å²) in [6.07, 6.45) is 0.366. The molecule has 0 amide bonds. The minimum atomic E-state index is -0.211. The monoisotopic (exact) mass is 299 g/mol. The molecule has 1 aliphatic rings. The van der Waals surface area contributed by atoms with Crippen LogP contribution in [0.1, 0.15) is 12.0 Å². The summed E-state index contributed by atoms with van der Waals surface area (Å²) < 4.78 is 15.6. The highest BCUT2D eigenvalue weighted by molar-refractivity contribution is 6.32. The lowest BCUT2D eigenvalue weighted by molar-refractivity contribution is -0.140. The summed E-state index contributed by atoms with van der Waals surface area (Å²) >= 11 is 6.18. The van der Waals surface area contributed by atoms with E-state index < -0.39 is 0 Å². The van der Waals surface area contributed by atoms with E-state index in [0.717, 1.165) is 5.56 Å². The number of ether oxygens (including phenoxy) is 3. The van der Waals surface area contributed by atoms with E-state index in [1.807, 2.05) is 24.1 Å². The molecular formula is C14H18ClNO4. The van der Waals surface area contributed by atoms with Gasteiger partial charge in [-0.1, -0.05) is 11.6 Å². The van der Waals surface area contributed by atoms with E-state index in [4.69, 9.17) is 21.1 Å². The molecule has 0 radical (unpaired) electrons. The van der Waals surface area contributed by atoms with Crippen LogP contribution in [-0.2, 0) is 16.1 Å². The Morgan fingerprint density at radius 1 is 1.40 bits per heavy atom. The van der Waals surface area contributed by atoms with Gasteiger partial charge in [-0.2, -0.15) is 0 Å². The van der Waals surface area contributed by atoms with E-state index in [9.17, 15) is 4.79 Å². The van der Waals surface area contributed by atoms with Crippen LogP contribution in [0.15, 0.2) is 12.1 Å². The highest BCUT2D eigenvalue weighted by Gasteiger charge is 2.17. The zero-order valence-corrected chi connectivity index (χ0v) is 12.4. The minimum absolute atomic E-state index is 0.211. The van der Waals surface area contributed by atoms with Crippen molar-refractivity contribution in [1.82, 2.24) is 4.90 Å². The third-order valence-corrected chi connectivity index (χ3v) is 3.32. The number of halogens is 1. The Morgan fingerprint density at radius 2 is 2.15 bits per heavy atom. The molecular weight excluding hydrogens is 282 g/mol. The van der Waals surface area contributed by atoms with Gasteiger partial charge in [-0.05, 0) is 24.7 Å². The van der Waals surface area contributed by atoms with Gasteiger partial charge in [-0.3, -0.25) is 4.79 Å². The Hall–Kier alpha value is -1.46. The molecule has 0 spiro atoms. The highest BCUT2D eigenvalue weighted by Crippen LogP contribution is 2.38. The van der Waals surface area contributed by atoms with E-state index in [0.29, 0.717) is 49.2 Å². The van der Waals surface area contributed by atoms with Crippen molar-refractivity contribution in [2.45, 2.75) is 13.0 Å². The molecule has 1 aliphatic heterocycles. The number of benzene rings is 1. The maximum atomic E-state index is 11.1. The number of esters is 1. The van der Waals surface area contributed by atoms with E-state index in [2.05, 4.69) is 4.74 Å². The van der Waals surface area contributed by atoms with Crippen LogP contribution in [0.25, 0.3) is 0 Å². The third kappa shape index (κ3) is 3.77. The minimum Gasteiger partial charge on any atom is -0.486 e. The Morgan fingerprint density at radius 3 is 2.90 bits per heavy atom. The number of hydrogen-bond donors (Lipinski definition) is 0. The summed E-state index contributed by atoms with van der Waals surface area (Å²) in [5.41, 5.74) is 1.02. The van der Waals surface area contributed by atoms with Crippen LogP contribution in [0.5, 0.6) is 11.5 Å². The summed E-state index contributed by atoms with van der Waals surface area (Å²) in [5, 5.41) is 0.554. The molecule has 0 bridgehead atoms. The normalized spacial score (nSPS) is 13.4. The standard InChI is InChI=1S/C14H18ClNO4/c1-16(4-3-13(17)18-2)9-10-7-11(15)14-12(8-10)19-5-6-20-14/h7-8H,3-6,9H2,1-2H3. The van der Waals surface area contributed by atoms with Crippen molar-refractivity contribution >= 4 is 17.6 Å². The molecule has 0 saturated heterocycles. The molecule has 0 aromatic heterocycles. The van der Waals surface area contributed by atoms with Crippen molar-refractivity contribution in [3.8, 4) is 11.5 Å². The van der Waals surface area contributed by atoms with Gasteiger partial charge in [0, 0.05) is 13.1 Å². The second-order valence-electron chi connectivity index (χ2n) is 4.67. The van der Waals surface area contributed by atoms with Gasteiger partial charge in [0.1, 0.15) is 13.2 Å². The van der Waals surface area contributed by atoms with Crippen molar-refractivity contribution in [2.75, 3.05) is 33.9 Å². The number of rotatable bonds is 5. The number of hydrogen-bond acceptors (Lipinski definition) is 5. The topological polar surface area (TPSA) is 48.0 Å². The Kier molecular flexibility index (Phi) is 5.09. The third-order valence-electron chi connectivity index (χ3n) is 3.03. The first-order chi connectivity index (χ1) is 9.60. The van der Waals surface area contributed by atoms with Gasteiger partial charge in [0.2, 0.25) is 0 Å². The molecule has 0 fully saturated rings. The van der Waals surface area contributed by atoms with E-state index >= 15 is 0 Å². The molecule has 0 unspecified atom stereocenters. The first kappa shape index (κ1) is 14.9. The zero-order chi connectivity index (χ0) is 14.5. The molecule has 6 heteroatoms. The Labute approximate surface area is 123 Å². The number of carbonyl (C=O) groups excluding carboxylic acids is 1. The second kappa shape index (κ2) is 6.81. The Balaban J connectivity index is 1.99. The average molecular weight is 300 g/mol. The number of nitrogens with zero attached hydrogens (tertiary/aromatic N) is 1. The summed E-state index contributed by atoms with van der Waals surface area (Å²) in [6, 6.07) is 3.79. The lowest BCUT2D eigenvalue weighted by Gasteiger charge is -2.22. The molecule has 1 aromatic rings. The largest absolute Gasteiger partial charge is 0.486 e. The van der Waals surface area contributed by atoms with Gasteiger partial charge < -0.3 is 19.1 Å². The summed E-state index contributed by atoms with van der Waals surface area (Å²) in [7, 11) is 3.33. The van der Waals surface area contributed by atoms with Gasteiger partial charge >= 0.3 is 5.97 Å². The summed E-state index contributed by atoms with van der Waals surface area (Å²) in [5.74, 6) is 1.08. The average Bonchev–Trinajstić information content (AvgIpc) is 2.44. The SMILES string of the molecule is COC(=O)CCN(C)Cc1cc(Cl)c2c(c1)OCCO2. The molecule has 0 saturated carbocycles. The highest BCUT2D eigenvalue weighted by atomic mass is 35.5. The van der Waals surface area contributed by atoms with Crippen molar-refractivity contribution < 1.29 is 19.0 Å². The Bertz CT molecular complexity index is 492. The van der Waals surface area contributed by atoms with Crippen LogP contribution in [0, 0.1) is 0 Å². The molecule has 0 N–H and O–H groups in total. The van der Waals surface area contributed by atoms with Gasteiger partial charge in [0.25, 0.3) is 0 Å². The molecule has 2 rings (SSSR count). The van der Waals surface area contributed by atoms with Gasteiger partial charge in [-0.25, -0.2) is 0 Å². The molecule has 0 atom stereocenters. The number of fused-ring (bicyclic) bond motifs is 1. The lowest BCUT2D eigenvalue weighted by Crippen LogP contribution is -2.22. The maximum Gasteiger partial charge on any atom is 0.306 e. The fraction of sp³-hybridized carbons (Fsp3) is 0.500. The van der Waals surface area contributed by atoms with Crippen molar-refractivity contribution in [1.29, 1.82) is 0 Å². The zero-order valence-electron chi connectivity index (χ0n) is 11.6.